The Labute approximate surface area is 75.6 Å². The molecule has 0 bridgehead atoms. The van der Waals surface area contributed by atoms with E-state index >= 15 is 0 Å². The van der Waals surface area contributed by atoms with Gasteiger partial charge in [0.2, 0.25) is 0 Å². The van der Waals surface area contributed by atoms with Gasteiger partial charge in [-0.2, -0.15) is 0 Å². The maximum absolute atomic E-state index is 12.6. The monoisotopic (exact) mass is 186 g/mol. The van der Waals surface area contributed by atoms with Crippen molar-refractivity contribution in [1.29, 1.82) is 0 Å². The normalized spacial score (nSPS) is 12.9. The van der Waals surface area contributed by atoms with E-state index in [0.29, 0.717) is 5.75 Å². The third-order valence-corrected chi connectivity index (χ3v) is 2.52. The first-order valence-electron chi connectivity index (χ1n) is 3.75. The maximum Gasteiger partial charge on any atom is 0.124 e. The Kier molecular flexibility index (Phi) is 3.56. The van der Waals surface area contributed by atoms with Crippen LogP contribution in [0.4, 0.5) is 4.39 Å². The molecule has 1 aromatic rings. The van der Waals surface area contributed by atoms with E-state index in [0.717, 1.165) is 4.90 Å². The van der Waals surface area contributed by atoms with E-state index < -0.39 is 0 Å². The molecule has 0 spiro atoms. The molecule has 0 aromatic heterocycles. The van der Waals surface area contributed by atoms with Gasteiger partial charge < -0.3 is 5.11 Å². The summed E-state index contributed by atoms with van der Waals surface area (Å²) in [5.41, 5.74) is 0. The molecule has 1 aromatic carbocycles. The molecule has 0 heterocycles. The number of hydrogen-bond acceptors (Lipinski definition) is 2. The van der Waals surface area contributed by atoms with E-state index in [1.807, 2.05) is 6.07 Å². The lowest BCUT2D eigenvalue weighted by Gasteiger charge is -2.03. The van der Waals surface area contributed by atoms with Crippen molar-refractivity contribution in [2.45, 2.75) is 17.9 Å². The van der Waals surface area contributed by atoms with Crippen LogP contribution in [0.2, 0.25) is 0 Å². The molecule has 1 nitrogen and oxygen atoms in total. The van der Waals surface area contributed by atoms with E-state index in [2.05, 4.69) is 0 Å². The standard InChI is InChI=1S/C9H11FOS/c1-7(11)6-12-9-4-2-3-8(10)5-9/h2-5,7,11H,6H2,1H3/t7-/m1/s1. The lowest BCUT2D eigenvalue weighted by Crippen LogP contribution is -2.02. The highest BCUT2D eigenvalue weighted by molar-refractivity contribution is 7.99. The summed E-state index contributed by atoms with van der Waals surface area (Å²) in [5, 5.41) is 8.97. The van der Waals surface area contributed by atoms with Crippen molar-refractivity contribution >= 4 is 11.8 Å². The molecule has 0 aliphatic rings. The lowest BCUT2D eigenvalue weighted by atomic mass is 10.4. The molecule has 0 aliphatic heterocycles. The van der Waals surface area contributed by atoms with Crippen molar-refractivity contribution in [3.8, 4) is 0 Å². The minimum Gasteiger partial charge on any atom is -0.393 e. The zero-order valence-electron chi connectivity index (χ0n) is 6.83. The molecule has 0 unspecified atom stereocenters. The quantitative estimate of drug-likeness (QED) is 0.731. The number of hydrogen-bond donors (Lipinski definition) is 1. The highest BCUT2D eigenvalue weighted by Crippen LogP contribution is 2.19. The third kappa shape index (κ3) is 3.24. The number of halogens is 1. The van der Waals surface area contributed by atoms with Gasteiger partial charge in [0.1, 0.15) is 5.82 Å². The predicted octanol–water partition coefficient (Wildman–Crippen LogP) is 2.30. The molecule has 0 saturated carbocycles. The Hall–Kier alpha value is -0.540. The van der Waals surface area contributed by atoms with Crippen LogP contribution in [0.5, 0.6) is 0 Å². The van der Waals surface area contributed by atoms with Crippen molar-refractivity contribution in [3.63, 3.8) is 0 Å². The van der Waals surface area contributed by atoms with Gasteiger partial charge in [-0.1, -0.05) is 6.07 Å². The molecule has 3 heteroatoms. The van der Waals surface area contributed by atoms with Crippen LogP contribution in [0, 0.1) is 5.82 Å². The molecule has 1 atom stereocenters. The number of rotatable bonds is 3. The van der Waals surface area contributed by atoms with E-state index in [4.69, 9.17) is 5.11 Å². The second-order valence-corrected chi connectivity index (χ2v) is 3.71. The van der Waals surface area contributed by atoms with Gasteiger partial charge in [-0.25, -0.2) is 4.39 Å². The second-order valence-electron chi connectivity index (χ2n) is 2.62. The summed E-state index contributed by atoms with van der Waals surface area (Å²) in [4.78, 5) is 0.857. The summed E-state index contributed by atoms with van der Waals surface area (Å²) in [6, 6.07) is 6.37. The largest absolute Gasteiger partial charge is 0.393 e. The smallest absolute Gasteiger partial charge is 0.124 e. The van der Waals surface area contributed by atoms with Crippen LogP contribution in [0.3, 0.4) is 0 Å². The van der Waals surface area contributed by atoms with Crippen molar-refractivity contribution < 1.29 is 9.50 Å². The Balaban J connectivity index is 2.52. The summed E-state index contributed by atoms with van der Waals surface area (Å²) >= 11 is 1.45. The van der Waals surface area contributed by atoms with Crippen LogP contribution in [0.15, 0.2) is 29.2 Å². The summed E-state index contributed by atoms with van der Waals surface area (Å²) in [5.74, 6) is 0.370. The number of benzene rings is 1. The van der Waals surface area contributed by atoms with Crippen LogP contribution in [-0.4, -0.2) is 17.0 Å². The molecular formula is C9H11FOS. The molecule has 1 N–H and O–H groups in total. The Morgan fingerprint density at radius 1 is 1.58 bits per heavy atom. The van der Waals surface area contributed by atoms with Gasteiger partial charge in [0.15, 0.2) is 0 Å². The second kappa shape index (κ2) is 4.48. The van der Waals surface area contributed by atoms with Gasteiger partial charge >= 0.3 is 0 Å². The topological polar surface area (TPSA) is 20.2 Å². The van der Waals surface area contributed by atoms with Crippen molar-refractivity contribution in [2.75, 3.05) is 5.75 Å². The summed E-state index contributed by atoms with van der Waals surface area (Å²) in [7, 11) is 0. The van der Waals surface area contributed by atoms with Crippen molar-refractivity contribution in [3.05, 3.63) is 30.1 Å². The summed E-state index contributed by atoms with van der Waals surface area (Å²) in [6.07, 6.45) is -0.349. The zero-order valence-corrected chi connectivity index (χ0v) is 7.64. The third-order valence-electron chi connectivity index (χ3n) is 1.29. The van der Waals surface area contributed by atoms with Gasteiger partial charge in [0, 0.05) is 10.6 Å². The molecule has 0 aliphatic carbocycles. The summed E-state index contributed by atoms with van der Waals surface area (Å²) in [6.45, 7) is 1.71. The first kappa shape index (κ1) is 9.55. The molecule has 1 rings (SSSR count). The SMILES string of the molecule is C[C@@H](O)CSc1cccc(F)c1. The number of thioether (sulfide) groups is 1. The molecule has 0 amide bonds. The van der Waals surface area contributed by atoms with Gasteiger partial charge in [-0.05, 0) is 25.1 Å². The lowest BCUT2D eigenvalue weighted by molar-refractivity contribution is 0.220. The first-order valence-corrected chi connectivity index (χ1v) is 4.73. The predicted molar refractivity (Wildman–Crippen MR) is 48.8 cm³/mol. The maximum atomic E-state index is 12.6. The molecule has 0 fully saturated rings. The van der Waals surface area contributed by atoms with Crippen LogP contribution >= 0.6 is 11.8 Å². The molecule has 0 saturated heterocycles. The molecule has 0 radical (unpaired) electrons. The van der Waals surface area contributed by atoms with E-state index in [1.54, 1.807) is 13.0 Å². The van der Waals surface area contributed by atoms with Crippen LogP contribution < -0.4 is 0 Å². The number of aliphatic hydroxyl groups excluding tert-OH is 1. The molecular weight excluding hydrogens is 175 g/mol. The van der Waals surface area contributed by atoms with Crippen molar-refractivity contribution in [2.24, 2.45) is 0 Å². The van der Waals surface area contributed by atoms with Crippen LogP contribution in [0.25, 0.3) is 0 Å². The minimum absolute atomic E-state index is 0.231. The average Bonchev–Trinajstić information content (AvgIpc) is 2.01. The Bertz CT molecular complexity index is 250. The molecule has 66 valence electrons. The summed E-state index contributed by atoms with van der Waals surface area (Å²) < 4.78 is 12.6. The first-order chi connectivity index (χ1) is 5.68. The van der Waals surface area contributed by atoms with Crippen LogP contribution in [-0.2, 0) is 0 Å². The van der Waals surface area contributed by atoms with Crippen molar-refractivity contribution in [1.82, 2.24) is 0 Å². The van der Waals surface area contributed by atoms with E-state index in [-0.39, 0.29) is 11.9 Å². The van der Waals surface area contributed by atoms with Gasteiger partial charge in [-0.15, -0.1) is 11.8 Å². The Morgan fingerprint density at radius 2 is 2.33 bits per heavy atom. The van der Waals surface area contributed by atoms with E-state index in [9.17, 15) is 4.39 Å². The Morgan fingerprint density at radius 3 is 2.92 bits per heavy atom. The highest BCUT2D eigenvalue weighted by atomic mass is 32.2. The molecule has 12 heavy (non-hydrogen) atoms. The van der Waals surface area contributed by atoms with Gasteiger partial charge in [-0.3, -0.25) is 0 Å². The van der Waals surface area contributed by atoms with E-state index in [1.165, 1.54) is 23.9 Å². The fraction of sp³-hybridized carbons (Fsp3) is 0.333. The van der Waals surface area contributed by atoms with Gasteiger partial charge in [0.25, 0.3) is 0 Å². The van der Waals surface area contributed by atoms with Gasteiger partial charge in [0.05, 0.1) is 6.10 Å². The average molecular weight is 186 g/mol. The fourth-order valence-corrected chi connectivity index (χ4v) is 1.58. The highest BCUT2D eigenvalue weighted by Gasteiger charge is 1.98. The number of aliphatic hydroxyl groups is 1. The zero-order chi connectivity index (χ0) is 8.97. The minimum atomic E-state index is -0.349. The van der Waals surface area contributed by atoms with Crippen LogP contribution in [0.1, 0.15) is 6.92 Å². The fourth-order valence-electron chi connectivity index (χ4n) is 0.774.